The summed E-state index contributed by atoms with van der Waals surface area (Å²) in [5.41, 5.74) is 5.41. The number of anilines is 1. The summed E-state index contributed by atoms with van der Waals surface area (Å²) in [4.78, 5) is 11.7. The van der Waals surface area contributed by atoms with Crippen LogP contribution in [0.3, 0.4) is 0 Å². The standard InChI is InChI=1S/C17H15F2N3O2S/c1-24-15-8-6-11(10-13(15)19)7-9-16(23)21-22-17(25)20-14-5-3-2-4-12(14)18/h2-10H,1H3,(H,21,23)(H2,20,22,25)/b9-7+. The zero-order valence-electron chi connectivity index (χ0n) is 13.2. The average Bonchev–Trinajstić information content (AvgIpc) is 2.60. The normalized spacial score (nSPS) is 10.4. The first-order chi connectivity index (χ1) is 12.0. The molecule has 0 unspecified atom stereocenters. The van der Waals surface area contributed by atoms with Crippen LogP contribution in [-0.4, -0.2) is 18.1 Å². The van der Waals surface area contributed by atoms with E-state index in [9.17, 15) is 13.6 Å². The van der Waals surface area contributed by atoms with E-state index in [4.69, 9.17) is 17.0 Å². The number of nitrogens with one attached hydrogen (secondary N) is 3. The van der Waals surface area contributed by atoms with Crippen molar-refractivity contribution in [2.75, 3.05) is 12.4 Å². The zero-order chi connectivity index (χ0) is 18.2. The number of ether oxygens (including phenoxy) is 1. The number of hydrogen-bond acceptors (Lipinski definition) is 3. The van der Waals surface area contributed by atoms with Crippen LogP contribution in [0.1, 0.15) is 5.56 Å². The quantitative estimate of drug-likeness (QED) is 0.443. The van der Waals surface area contributed by atoms with E-state index in [1.54, 1.807) is 18.2 Å². The lowest BCUT2D eigenvalue weighted by Gasteiger charge is -2.10. The Kier molecular flexibility index (Phi) is 6.41. The predicted octanol–water partition coefficient (Wildman–Crippen LogP) is 3.00. The minimum absolute atomic E-state index is 0.0161. The van der Waals surface area contributed by atoms with Crippen molar-refractivity contribution in [1.82, 2.24) is 10.9 Å². The van der Waals surface area contributed by atoms with Gasteiger partial charge in [-0.2, -0.15) is 0 Å². The third-order valence-electron chi connectivity index (χ3n) is 3.02. The van der Waals surface area contributed by atoms with Crippen molar-refractivity contribution in [2.45, 2.75) is 0 Å². The minimum Gasteiger partial charge on any atom is -0.494 e. The maximum Gasteiger partial charge on any atom is 0.262 e. The van der Waals surface area contributed by atoms with Gasteiger partial charge in [0.05, 0.1) is 12.8 Å². The van der Waals surface area contributed by atoms with Crippen LogP contribution in [0.25, 0.3) is 6.08 Å². The number of thiocarbonyl (C=S) groups is 1. The molecular formula is C17H15F2N3O2S. The molecule has 0 aliphatic carbocycles. The van der Waals surface area contributed by atoms with Gasteiger partial charge < -0.3 is 10.1 Å². The first-order valence-electron chi connectivity index (χ1n) is 7.12. The number of halogens is 2. The Labute approximate surface area is 148 Å². The van der Waals surface area contributed by atoms with E-state index >= 15 is 0 Å². The largest absolute Gasteiger partial charge is 0.494 e. The lowest BCUT2D eigenvalue weighted by molar-refractivity contribution is -0.116. The fourth-order valence-corrected chi connectivity index (χ4v) is 2.00. The number of hydrogen-bond donors (Lipinski definition) is 3. The fourth-order valence-electron chi connectivity index (χ4n) is 1.83. The fraction of sp³-hybridized carbons (Fsp3) is 0.0588. The highest BCUT2D eigenvalue weighted by atomic mass is 32.1. The second-order valence-electron chi connectivity index (χ2n) is 4.78. The van der Waals surface area contributed by atoms with Gasteiger partial charge in [0.25, 0.3) is 5.91 Å². The summed E-state index contributed by atoms with van der Waals surface area (Å²) in [6.07, 6.45) is 2.62. The zero-order valence-corrected chi connectivity index (χ0v) is 14.0. The molecule has 0 fully saturated rings. The highest BCUT2D eigenvalue weighted by Gasteiger charge is 2.04. The molecule has 5 nitrogen and oxygen atoms in total. The van der Waals surface area contributed by atoms with Crippen molar-refractivity contribution < 1.29 is 18.3 Å². The Balaban J connectivity index is 1.85. The molecule has 2 rings (SSSR count). The van der Waals surface area contributed by atoms with Crippen LogP contribution in [0.2, 0.25) is 0 Å². The monoisotopic (exact) mass is 363 g/mol. The second-order valence-corrected chi connectivity index (χ2v) is 5.18. The van der Waals surface area contributed by atoms with Crippen LogP contribution >= 0.6 is 12.2 Å². The topological polar surface area (TPSA) is 62.4 Å². The van der Waals surface area contributed by atoms with Crippen molar-refractivity contribution in [1.29, 1.82) is 0 Å². The van der Waals surface area contributed by atoms with Gasteiger partial charge in [-0.1, -0.05) is 18.2 Å². The molecule has 0 atom stereocenters. The molecule has 1 amide bonds. The Morgan fingerprint density at radius 3 is 2.56 bits per heavy atom. The number of para-hydroxylation sites is 1. The summed E-state index contributed by atoms with van der Waals surface area (Å²) >= 11 is 4.95. The molecule has 130 valence electrons. The van der Waals surface area contributed by atoms with E-state index in [0.29, 0.717) is 5.56 Å². The molecule has 0 spiro atoms. The van der Waals surface area contributed by atoms with Gasteiger partial charge in [0.1, 0.15) is 5.82 Å². The molecule has 0 radical (unpaired) electrons. The van der Waals surface area contributed by atoms with Crippen LogP contribution in [0.5, 0.6) is 5.75 Å². The summed E-state index contributed by atoms with van der Waals surface area (Å²) in [5.74, 6) is -1.40. The molecule has 3 N–H and O–H groups in total. The number of benzene rings is 2. The molecule has 0 aliphatic rings. The van der Waals surface area contributed by atoms with Gasteiger partial charge in [0.15, 0.2) is 16.7 Å². The third-order valence-corrected chi connectivity index (χ3v) is 3.23. The number of amides is 1. The number of carbonyl (C=O) groups is 1. The van der Waals surface area contributed by atoms with Crippen LogP contribution in [0.15, 0.2) is 48.5 Å². The Bertz CT molecular complexity index is 812. The third kappa shape index (κ3) is 5.54. The van der Waals surface area contributed by atoms with Crippen molar-refractivity contribution >= 4 is 35.0 Å². The maximum absolute atomic E-state index is 13.5. The minimum atomic E-state index is -0.529. The highest BCUT2D eigenvalue weighted by Crippen LogP contribution is 2.18. The van der Waals surface area contributed by atoms with E-state index in [0.717, 1.165) is 0 Å². The average molecular weight is 363 g/mol. The number of rotatable bonds is 4. The van der Waals surface area contributed by atoms with Gasteiger partial charge in [0.2, 0.25) is 0 Å². The number of methoxy groups -OCH3 is 1. The van der Waals surface area contributed by atoms with Gasteiger partial charge in [-0.25, -0.2) is 8.78 Å². The first kappa shape index (κ1) is 18.3. The van der Waals surface area contributed by atoms with Crippen LogP contribution in [0.4, 0.5) is 14.5 Å². The van der Waals surface area contributed by atoms with Crippen molar-refractivity contribution in [3.8, 4) is 5.75 Å². The number of hydrazine groups is 1. The molecule has 0 saturated heterocycles. The summed E-state index contributed by atoms with van der Waals surface area (Å²) in [7, 11) is 1.37. The summed E-state index contributed by atoms with van der Waals surface area (Å²) in [6, 6.07) is 10.3. The Morgan fingerprint density at radius 2 is 1.88 bits per heavy atom. The van der Waals surface area contributed by atoms with E-state index < -0.39 is 17.5 Å². The van der Waals surface area contributed by atoms with Crippen molar-refractivity contribution in [3.05, 3.63) is 65.7 Å². The molecule has 2 aromatic rings. The molecule has 2 aromatic carbocycles. The van der Waals surface area contributed by atoms with Gasteiger partial charge in [-0.15, -0.1) is 0 Å². The summed E-state index contributed by atoms with van der Waals surface area (Å²) < 4.78 is 31.8. The molecule has 0 heterocycles. The summed E-state index contributed by atoms with van der Waals surface area (Å²) in [6.45, 7) is 0. The number of carbonyl (C=O) groups excluding carboxylic acids is 1. The van der Waals surface area contributed by atoms with Crippen molar-refractivity contribution in [3.63, 3.8) is 0 Å². The Hall–Kier alpha value is -3.00. The lowest BCUT2D eigenvalue weighted by atomic mass is 10.2. The Morgan fingerprint density at radius 1 is 1.12 bits per heavy atom. The molecule has 25 heavy (non-hydrogen) atoms. The maximum atomic E-state index is 13.5. The van der Waals surface area contributed by atoms with Gasteiger partial charge in [-0.3, -0.25) is 15.6 Å². The molecule has 0 saturated carbocycles. The van der Waals surface area contributed by atoms with Gasteiger partial charge in [-0.05, 0) is 48.1 Å². The van der Waals surface area contributed by atoms with E-state index in [1.165, 1.54) is 43.5 Å². The van der Waals surface area contributed by atoms with E-state index in [-0.39, 0.29) is 16.5 Å². The lowest BCUT2D eigenvalue weighted by Crippen LogP contribution is -2.43. The van der Waals surface area contributed by atoms with Gasteiger partial charge >= 0.3 is 0 Å². The highest BCUT2D eigenvalue weighted by molar-refractivity contribution is 7.80. The van der Waals surface area contributed by atoms with Gasteiger partial charge in [0, 0.05) is 6.08 Å². The van der Waals surface area contributed by atoms with Crippen LogP contribution in [0, 0.1) is 11.6 Å². The first-order valence-corrected chi connectivity index (χ1v) is 7.53. The molecular weight excluding hydrogens is 348 g/mol. The van der Waals surface area contributed by atoms with Crippen LogP contribution < -0.4 is 20.9 Å². The smallest absolute Gasteiger partial charge is 0.262 e. The molecule has 8 heteroatoms. The molecule has 0 aromatic heterocycles. The van der Waals surface area contributed by atoms with Crippen LogP contribution in [-0.2, 0) is 4.79 Å². The molecule has 0 aliphatic heterocycles. The van der Waals surface area contributed by atoms with E-state index in [1.807, 2.05) is 0 Å². The summed E-state index contributed by atoms with van der Waals surface area (Å²) in [5, 5.41) is 2.62. The molecule has 0 bridgehead atoms. The van der Waals surface area contributed by atoms with E-state index in [2.05, 4.69) is 16.2 Å². The second kappa shape index (κ2) is 8.74. The SMILES string of the molecule is COc1ccc(/C=C/C(=O)NNC(=S)Nc2ccccc2F)cc1F. The van der Waals surface area contributed by atoms with Crippen molar-refractivity contribution in [2.24, 2.45) is 0 Å². The predicted molar refractivity (Wildman–Crippen MR) is 95.9 cm³/mol.